The predicted octanol–water partition coefficient (Wildman–Crippen LogP) is 7.20. The lowest BCUT2D eigenvalue weighted by Gasteiger charge is -2.26. The minimum atomic E-state index is -0.572. The molecular formula is C21H25Cl2NO2. The van der Waals surface area contributed by atoms with Gasteiger partial charge < -0.3 is 4.74 Å². The van der Waals surface area contributed by atoms with Gasteiger partial charge in [-0.15, -0.1) is 0 Å². The summed E-state index contributed by atoms with van der Waals surface area (Å²) < 4.78 is 5.59. The van der Waals surface area contributed by atoms with Crippen molar-refractivity contribution < 1.29 is 9.53 Å². The van der Waals surface area contributed by atoms with Crippen LogP contribution in [-0.4, -0.2) is 6.09 Å². The summed E-state index contributed by atoms with van der Waals surface area (Å²) in [4.78, 5) is 12.3. The monoisotopic (exact) mass is 393 g/mol. The third kappa shape index (κ3) is 5.15. The van der Waals surface area contributed by atoms with Crippen LogP contribution >= 0.6 is 23.2 Å². The number of carbonyl (C=O) groups is 1. The molecule has 3 nitrogen and oxygen atoms in total. The molecule has 2 rings (SSSR count). The third-order valence-corrected chi connectivity index (χ3v) is 4.76. The fourth-order valence-corrected chi connectivity index (χ4v) is 2.79. The van der Waals surface area contributed by atoms with Crippen LogP contribution in [0.4, 0.5) is 10.5 Å². The highest BCUT2D eigenvalue weighted by Gasteiger charge is 2.24. The average molecular weight is 394 g/mol. The van der Waals surface area contributed by atoms with Gasteiger partial charge in [-0.3, -0.25) is 5.32 Å². The Labute approximate surface area is 165 Å². The molecule has 1 N–H and O–H groups in total. The summed E-state index contributed by atoms with van der Waals surface area (Å²) in [5.41, 5.74) is 2.54. The predicted molar refractivity (Wildman–Crippen MR) is 110 cm³/mol. The van der Waals surface area contributed by atoms with Gasteiger partial charge in [0.2, 0.25) is 0 Å². The van der Waals surface area contributed by atoms with Crippen LogP contribution in [0.25, 0.3) is 0 Å². The van der Waals surface area contributed by atoms with E-state index in [9.17, 15) is 4.79 Å². The Hall–Kier alpha value is -1.71. The number of hydrogen-bond acceptors (Lipinski definition) is 2. The Morgan fingerprint density at radius 2 is 1.54 bits per heavy atom. The molecule has 0 fully saturated rings. The zero-order valence-corrected chi connectivity index (χ0v) is 17.5. The molecule has 2 aromatic rings. The van der Waals surface area contributed by atoms with E-state index in [0.29, 0.717) is 21.5 Å². The zero-order valence-electron chi connectivity index (χ0n) is 16.0. The first-order chi connectivity index (χ1) is 11.9. The number of anilines is 1. The van der Waals surface area contributed by atoms with E-state index in [0.717, 1.165) is 5.56 Å². The first-order valence-electron chi connectivity index (χ1n) is 8.47. The molecule has 0 saturated carbocycles. The fourth-order valence-electron chi connectivity index (χ4n) is 2.49. The molecule has 0 aliphatic rings. The van der Waals surface area contributed by atoms with Crippen molar-refractivity contribution >= 4 is 35.0 Å². The largest absolute Gasteiger partial charge is 0.417 e. The first kappa shape index (κ1) is 20.6. The number of hydrogen-bond donors (Lipinski definition) is 1. The Balaban J connectivity index is 2.27. The number of ether oxygens (including phenoxy) is 1. The van der Waals surface area contributed by atoms with Gasteiger partial charge >= 0.3 is 6.09 Å². The van der Waals surface area contributed by atoms with E-state index in [2.05, 4.69) is 52.9 Å². The van der Waals surface area contributed by atoms with Crippen LogP contribution in [0.15, 0.2) is 36.4 Å². The molecule has 5 heteroatoms. The van der Waals surface area contributed by atoms with Crippen molar-refractivity contribution in [2.24, 2.45) is 0 Å². The number of nitrogens with one attached hydrogen (secondary N) is 1. The normalized spacial score (nSPS) is 12.0. The molecule has 2 aromatic carbocycles. The number of rotatable bonds is 2. The first-order valence-corrected chi connectivity index (χ1v) is 9.22. The van der Waals surface area contributed by atoms with Crippen LogP contribution in [0.2, 0.25) is 10.0 Å². The van der Waals surface area contributed by atoms with Crippen LogP contribution in [0.3, 0.4) is 0 Å². The smallest absolute Gasteiger partial charge is 0.410 e. The summed E-state index contributed by atoms with van der Waals surface area (Å²) in [6.07, 6.45) is -0.572. The Bertz CT molecular complexity index is 818. The van der Waals surface area contributed by atoms with E-state index in [-0.39, 0.29) is 10.8 Å². The maximum Gasteiger partial charge on any atom is 0.417 e. The van der Waals surface area contributed by atoms with Crippen molar-refractivity contribution in [3.05, 3.63) is 57.6 Å². The molecule has 0 unspecified atom stereocenters. The van der Waals surface area contributed by atoms with Gasteiger partial charge in [-0.05, 0) is 40.7 Å². The molecule has 0 aromatic heterocycles. The summed E-state index contributed by atoms with van der Waals surface area (Å²) in [5.74, 6) is 0.545. The van der Waals surface area contributed by atoms with E-state index in [1.54, 1.807) is 18.2 Å². The molecule has 140 valence electrons. The lowest BCUT2D eigenvalue weighted by molar-refractivity contribution is 0.214. The van der Waals surface area contributed by atoms with Crippen LogP contribution in [0.5, 0.6) is 5.75 Å². The average Bonchev–Trinajstić information content (AvgIpc) is 2.49. The molecular weight excluding hydrogens is 369 g/mol. The van der Waals surface area contributed by atoms with Crippen molar-refractivity contribution in [2.75, 3.05) is 5.32 Å². The van der Waals surface area contributed by atoms with Gasteiger partial charge in [-0.2, -0.15) is 0 Å². The van der Waals surface area contributed by atoms with Crippen molar-refractivity contribution in [3.8, 4) is 5.75 Å². The van der Waals surface area contributed by atoms with Crippen LogP contribution < -0.4 is 10.1 Å². The highest BCUT2D eigenvalue weighted by atomic mass is 35.5. The van der Waals surface area contributed by atoms with Gasteiger partial charge in [0, 0.05) is 11.3 Å². The van der Waals surface area contributed by atoms with Gasteiger partial charge in [-0.25, -0.2) is 4.79 Å². The van der Waals surface area contributed by atoms with Crippen LogP contribution in [-0.2, 0) is 10.8 Å². The molecule has 0 radical (unpaired) electrons. The molecule has 0 aliphatic heterocycles. The van der Waals surface area contributed by atoms with Crippen molar-refractivity contribution in [1.29, 1.82) is 0 Å². The second-order valence-electron chi connectivity index (χ2n) is 8.35. The minimum Gasteiger partial charge on any atom is -0.410 e. The standard InChI is InChI=1S/C21H25Cl2NO2/c1-20(2,3)13-7-10-18(15(11-13)21(4,5)6)26-19(25)24-14-8-9-16(22)17(23)12-14/h7-12H,1-6H3,(H,24,25). The second-order valence-corrected chi connectivity index (χ2v) is 9.17. The van der Waals surface area contributed by atoms with E-state index < -0.39 is 6.09 Å². The highest BCUT2D eigenvalue weighted by Crippen LogP contribution is 2.35. The minimum absolute atomic E-state index is 0.0147. The number of halogens is 2. The second kappa shape index (κ2) is 7.50. The summed E-state index contributed by atoms with van der Waals surface area (Å²) in [7, 11) is 0. The molecule has 0 aliphatic carbocycles. The third-order valence-electron chi connectivity index (χ3n) is 4.02. The van der Waals surface area contributed by atoms with Crippen molar-refractivity contribution in [1.82, 2.24) is 0 Å². The summed E-state index contributed by atoms with van der Waals surface area (Å²) in [6.45, 7) is 12.8. The van der Waals surface area contributed by atoms with E-state index >= 15 is 0 Å². The van der Waals surface area contributed by atoms with Crippen molar-refractivity contribution in [2.45, 2.75) is 52.4 Å². The number of amides is 1. The summed E-state index contributed by atoms with van der Waals surface area (Å²) in [5, 5.41) is 3.48. The lowest BCUT2D eigenvalue weighted by atomic mass is 9.80. The number of benzene rings is 2. The molecule has 26 heavy (non-hydrogen) atoms. The Morgan fingerprint density at radius 1 is 0.885 bits per heavy atom. The molecule has 0 bridgehead atoms. The topological polar surface area (TPSA) is 38.3 Å². The van der Waals surface area contributed by atoms with Crippen LogP contribution in [0.1, 0.15) is 52.7 Å². The Morgan fingerprint density at radius 3 is 2.08 bits per heavy atom. The molecule has 0 atom stereocenters. The van der Waals surface area contributed by atoms with Crippen LogP contribution in [0, 0.1) is 0 Å². The Kier molecular flexibility index (Phi) is 5.94. The van der Waals surface area contributed by atoms with E-state index in [1.165, 1.54) is 5.56 Å². The summed E-state index contributed by atoms with van der Waals surface area (Å²) >= 11 is 11.9. The van der Waals surface area contributed by atoms with E-state index in [1.807, 2.05) is 12.1 Å². The number of carbonyl (C=O) groups excluding carboxylic acids is 1. The quantitative estimate of drug-likeness (QED) is 0.585. The maximum absolute atomic E-state index is 12.3. The van der Waals surface area contributed by atoms with Gasteiger partial charge in [0.15, 0.2) is 0 Å². The van der Waals surface area contributed by atoms with Gasteiger partial charge in [0.05, 0.1) is 10.0 Å². The van der Waals surface area contributed by atoms with Gasteiger partial charge in [0.25, 0.3) is 0 Å². The lowest BCUT2D eigenvalue weighted by Crippen LogP contribution is -2.21. The van der Waals surface area contributed by atoms with E-state index in [4.69, 9.17) is 27.9 Å². The SMILES string of the molecule is CC(C)(C)c1ccc(OC(=O)Nc2ccc(Cl)c(Cl)c2)c(C(C)(C)C)c1. The van der Waals surface area contributed by atoms with Gasteiger partial charge in [-0.1, -0.05) is 76.9 Å². The molecule has 0 spiro atoms. The fraction of sp³-hybridized carbons (Fsp3) is 0.381. The zero-order chi connectivity index (χ0) is 19.7. The molecule has 1 amide bonds. The maximum atomic E-state index is 12.3. The molecule has 0 heterocycles. The summed E-state index contributed by atoms with van der Waals surface area (Å²) in [6, 6.07) is 10.8. The van der Waals surface area contributed by atoms with Gasteiger partial charge in [0.1, 0.15) is 5.75 Å². The highest BCUT2D eigenvalue weighted by molar-refractivity contribution is 6.42. The van der Waals surface area contributed by atoms with Crippen molar-refractivity contribution in [3.63, 3.8) is 0 Å². The molecule has 0 saturated heterocycles.